The van der Waals surface area contributed by atoms with Gasteiger partial charge in [0, 0.05) is 10.6 Å². The molecule has 0 bridgehead atoms. The molecular weight excluding hydrogens is 496 g/mol. The molecule has 1 N–H and O–H groups in total. The topological polar surface area (TPSA) is 83.9 Å². The molecular formula is C23H13Cl3FNO5. The zero-order valence-electron chi connectivity index (χ0n) is 16.6. The van der Waals surface area contributed by atoms with Gasteiger partial charge in [0.25, 0.3) is 11.8 Å². The van der Waals surface area contributed by atoms with Crippen LogP contribution >= 0.6 is 34.8 Å². The number of carboxylic acids is 1. The van der Waals surface area contributed by atoms with E-state index in [1.165, 1.54) is 42.5 Å². The van der Waals surface area contributed by atoms with Gasteiger partial charge in [0.15, 0.2) is 0 Å². The van der Waals surface area contributed by atoms with Gasteiger partial charge >= 0.3 is 5.97 Å². The first-order valence-electron chi connectivity index (χ1n) is 9.45. The Balaban J connectivity index is 1.68. The van der Waals surface area contributed by atoms with Crippen molar-refractivity contribution in [2.75, 3.05) is 4.90 Å². The summed E-state index contributed by atoms with van der Waals surface area (Å²) in [5.74, 6) is -3.02. The minimum atomic E-state index is -1.05. The van der Waals surface area contributed by atoms with E-state index in [1.54, 1.807) is 0 Å². The van der Waals surface area contributed by atoms with Gasteiger partial charge in [-0.1, -0.05) is 46.9 Å². The number of halogens is 4. The van der Waals surface area contributed by atoms with Crippen molar-refractivity contribution in [1.82, 2.24) is 0 Å². The molecule has 0 aliphatic carbocycles. The number of nitrogens with zero attached hydrogens (tertiary/aromatic N) is 1. The van der Waals surface area contributed by atoms with E-state index in [4.69, 9.17) is 44.6 Å². The Kier molecular flexibility index (Phi) is 6.30. The number of carboxylic acid groups (broad SMARTS) is 1. The van der Waals surface area contributed by atoms with Crippen molar-refractivity contribution < 1.29 is 28.6 Å². The molecule has 1 aliphatic heterocycles. The van der Waals surface area contributed by atoms with E-state index in [2.05, 4.69) is 0 Å². The van der Waals surface area contributed by atoms with E-state index >= 15 is 0 Å². The van der Waals surface area contributed by atoms with Crippen molar-refractivity contribution in [2.24, 2.45) is 0 Å². The second-order valence-electron chi connectivity index (χ2n) is 7.12. The minimum absolute atomic E-state index is 0.0186. The van der Waals surface area contributed by atoms with Gasteiger partial charge in [0.1, 0.15) is 18.2 Å². The summed E-state index contributed by atoms with van der Waals surface area (Å²) in [5, 5.41) is 9.23. The summed E-state index contributed by atoms with van der Waals surface area (Å²) in [6.45, 7) is -0.219. The van der Waals surface area contributed by atoms with E-state index in [1.807, 2.05) is 0 Å². The summed E-state index contributed by atoms with van der Waals surface area (Å²) < 4.78 is 19.8. The number of aliphatic carboxylic acids is 1. The summed E-state index contributed by atoms with van der Waals surface area (Å²) in [6, 6.07) is 11.1. The molecule has 1 heterocycles. The van der Waals surface area contributed by atoms with Gasteiger partial charge < -0.3 is 9.84 Å². The van der Waals surface area contributed by atoms with E-state index in [9.17, 15) is 18.8 Å². The standard InChI is InChI=1S/C23H13Cl3FNO5/c24-13-3-2-12(16(27)9-13)10-33-18-6-4-14(25)20-21(18)23(32)28(22(20)31)17-5-1-11(7-15(17)26)8-19(29)30/h1-7,9H,8,10H2,(H,29,30). The highest BCUT2D eigenvalue weighted by Gasteiger charge is 2.42. The highest BCUT2D eigenvalue weighted by atomic mass is 35.5. The Hall–Kier alpha value is -3.13. The maximum atomic E-state index is 14.1. The summed E-state index contributed by atoms with van der Waals surface area (Å²) in [7, 11) is 0. The zero-order valence-corrected chi connectivity index (χ0v) is 18.8. The van der Waals surface area contributed by atoms with Gasteiger partial charge in [-0.15, -0.1) is 0 Å². The van der Waals surface area contributed by atoms with Crippen molar-refractivity contribution in [3.63, 3.8) is 0 Å². The molecule has 0 fully saturated rings. The Morgan fingerprint density at radius 3 is 2.33 bits per heavy atom. The Bertz CT molecular complexity index is 1330. The number of amides is 2. The van der Waals surface area contributed by atoms with Crippen LogP contribution in [0.1, 0.15) is 31.8 Å². The maximum Gasteiger partial charge on any atom is 0.307 e. The number of anilines is 1. The van der Waals surface area contributed by atoms with Crippen LogP contribution in [0.25, 0.3) is 0 Å². The molecule has 6 nitrogen and oxygen atoms in total. The number of hydrogen-bond donors (Lipinski definition) is 1. The van der Waals surface area contributed by atoms with Crippen LogP contribution in [-0.4, -0.2) is 22.9 Å². The van der Waals surface area contributed by atoms with Gasteiger partial charge in [-0.05, 0) is 42.0 Å². The Labute approximate surface area is 202 Å². The van der Waals surface area contributed by atoms with Gasteiger partial charge in [-0.3, -0.25) is 14.4 Å². The molecule has 0 saturated carbocycles. The fourth-order valence-corrected chi connectivity index (χ4v) is 4.13. The van der Waals surface area contributed by atoms with Gasteiger partial charge in [0.2, 0.25) is 0 Å². The quantitative estimate of drug-likeness (QED) is 0.426. The summed E-state index contributed by atoms with van der Waals surface area (Å²) in [4.78, 5) is 38.1. The Morgan fingerprint density at radius 1 is 0.939 bits per heavy atom. The van der Waals surface area contributed by atoms with Crippen molar-refractivity contribution in [3.8, 4) is 5.75 Å². The lowest BCUT2D eigenvalue weighted by atomic mass is 10.1. The molecule has 0 spiro atoms. The zero-order chi connectivity index (χ0) is 23.9. The molecule has 3 aromatic rings. The third-order valence-electron chi connectivity index (χ3n) is 4.96. The fourth-order valence-electron chi connectivity index (χ4n) is 3.45. The predicted molar refractivity (Wildman–Crippen MR) is 121 cm³/mol. The SMILES string of the molecule is O=C(O)Cc1ccc(N2C(=O)c3c(Cl)ccc(OCc4ccc(Cl)cc4F)c3C2=O)c(Cl)c1. The number of hydrogen-bond acceptors (Lipinski definition) is 4. The number of carbonyl (C=O) groups excluding carboxylic acids is 2. The average Bonchev–Trinajstić information content (AvgIpc) is 3.00. The molecule has 168 valence electrons. The lowest BCUT2D eigenvalue weighted by molar-refractivity contribution is -0.136. The number of benzene rings is 3. The van der Waals surface area contributed by atoms with Gasteiger partial charge in [-0.2, -0.15) is 0 Å². The molecule has 1 aliphatic rings. The van der Waals surface area contributed by atoms with Crippen LogP contribution in [0.3, 0.4) is 0 Å². The molecule has 0 saturated heterocycles. The first-order valence-corrected chi connectivity index (χ1v) is 10.6. The maximum absolute atomic E-state index is 14.1. The lowest BCUT2D eigenvalue weighted by Gasteiger charge is -2.16. The highest BCUT2D eigenvalue weighted by molar-refractivity contribution is 6.44. The first kappa shape index (κ1) is 23.0. The molecule has 2 amide bonds. The normalized spacial score (nSPS) is 12.8. The van der Waals surface area contributed by atoms with Crippen molar-refractivity contribution in [1.29, 1.82) is 0 Å². The molecule has 3 aromatic carbocycles. The average molecular weight is 509 g/mol. The van der Waals surface area contributed by atoms with E-state index in [0.717, 1.165) is 11.0 Å². The molecule has 0 aromatic heterocycles. The van der Waals surface area contributed by atoms with Crippen LogP contribution in [0.4, 0.5) is 10.1 Å². The lowest BCUT2D eigenvalue weighted by Crippen LogP contribution is -2.29. The highest BCUT2D eigenvalue weighted by Crippen LogP contribution is 2.40. The van der Waals surface area contributed by atoms with Crippen molar-refractivity contribution in [3.05, 3.63) is 91.7 Å². The van der Waals surface area contributed by atoms with E-state index in [0.29, 0.717) is 5.56 Å². The molecule has 4 rings (SSSR count). The second kappa shape index (κ2) is 9.02. The smallest absolute Gasteiger partial charge is 0.307 e. The largest absolute Gasteiger partial charge is 0.488 e. The van der Waals surface area contributed by atoms with Crippen LogP contribution in [0.5, 0.6) is 5.75 Å². The van der Waals surface area contributed by atoms with Crippen LogP contribution in [0.2, 0.25) is 15.1 Å². The first-order chi connectivity index (χ1) is 15.7. The number of ether oxygens (including phenoxy) is 1. The summed E-state index contributed by atoms with van der Waals surface area (Å²) >= 11 is 18.2. The summed E-state index contributed by atoms with van der Waals surface area (Å²) in [5.41, 5.74) is 0.533. The van der Waals surface area contributed by atoms with Crippen LogP contribution in [0, 0.1) is 5.82 Å². The molecule has 0 unspecified atom stereocenters. The number of fused-ring (bicyclic) bond motifs is 1. The van der Waals surface area contributed by atoms with E-state index in [-0.39, 0.29) is 56.2 Å². The van der Waals surface area contributed by atoms with Gasteiger partial charge in [-0.25, -0.2) is 9.29 Å². The van der Waals surface area contributed by atoms with Crippen molar-refractivity contribution in [2.45, 2.75) is 13.0 Å². The number of carbonyl (C=O) groups is 3. The van der Waals surface area contributed by atoms with Crippen LogP contribution in [0.15, 0.2) is 48.5 Å². The molecule has 0 atom stereocenters. The van der Waals surface area contributed by atoms with Crippen LogP contribution in [-0.2, 0) is 17.8 Å². The third-order valence-corrected chi connectivity index (χ3v) is 5.81. The Morgan fingerprint density at radius 2 is 1.67 bits per heavy atom. The van der Waals surface area contributed by atoms with E-state index < -0.39 is 23.6 Å². The second-order valence-corrected chi connectivity index (χ2v) is 8.37. The minimum Gasteiger partial charge on any atom is -0.488 e. The monoisotopic (exact) mass is 507 g/mol. The van der Waals surface area contributed by atoms with Crippen LogP contribution < -0.4 is 9.64 Å². The van der Waals surface area contributed by atoms with Gasteiger partial charge in [0.05, 0.1) is 33.3 Å². The molecule has 0 radical (unpaired) electrons. The molecule has 10 heteroatoms. The fraction of sp³-hybridized carbons (Fsp3) is 0.0870. The summed E-state index contributed by atoms with van der Waals surface area (Å²) in [6.07, 6.45) is -0.271. The van der Waals surface area contributed by atoms with Crippen molar-refractivity contribution >= 4 is 58.3 Å². The third kappa shape index (κ3) is 4.39. The number of rotatable bonds is 6. The molecule has 33 heavy (non-hydrogen) atoms. The number of imide groups is 1. The predicted octanol–water partition coefficient (Wildman–Crippen LogP) is 5.79.